The largest absolute Gasteiger partial charge is 0.378 e. The van der Waals surface area contributed by atoms with Gasteiger partial charge in [0.1, 0.15) is 5.78 Å². The van der Waals surface area contributed by atoms with Crippen LogP contribution in [-0.2, 0) is 23.9 Å². The van der Waals surface area contributed by atoms with Crippen molar-refractivity contribution in [3.8, 4) is 0 Å². The van der Waals surface area contributed by atoms with Crippen LogP contribution in [0.5, 0.6) is 0 Å². The minimum Gasteiger partial charge on any atom is -0.378 e. The highest BCUT2D eigenvalue weighted by Crippen LogP contribution is 2.40. The van der Waals surface area contributed by atoms with Crippen LogP contribution in [0.4, 0.5) is 0 Å². The van der Waals surface area contributed by atoms with E-state index in [1.165, 1.54) is 0 Å². The van der Waals surface area contributed by atoms with Crippen molar-refractivity contribution in [1.82, 2.24) is 10.6 Å². The molecule has 0 bridgehead atoms. The van der Waals surface area contributed by atoms with Gasteiger partial charge in [0.2, 0.25) is 11.8 Å². The second-order valence-corrected chi connectivity index (χ2v) is 7.24. The summed E-state index contributed by atoms with van der Waals surface area (Å²) in [6.45, 7) is 5.71. The summed E-state index contributed by atoms with van der Waals surface area (Å²) in [5, 5.41) is 5.59. The molecule has 0 unspecified atom stereocenters. The van der Waals surface area contributed by atoms with Crippen molar-refractivity contribution < 1.29 is 23.9 Å². The first kappa shape index (κ1) is 18.9. The maximum atomic E-state index is 12.8. The number of nitrogens with one attached hydrogen (secondary N) is 2. The SMILES string of the molecule is CC1(C)CC(=O)C2(CCC(=O)NCCOCCNC(=O)CC2)CO1. The average Bonchev–Trinajstić information content (AvgIpc) is 2.51. The summed E-state index contributed by atoms with van der Waals surface area (Å²) < 4.78 is 11.2. The lowest BCUT2D eigenvalue weighted by molar-refractivity contribution is -0.161. The third kappa shape index (κ3) is 5.27. The summed E-state index contributed by atoms with van der Waals surface area (Å²) in [5.74, 6) is -0.107. The second kappa shape index (κ2) is 8.07. The van der Waals surface area contributed by atoms with Crippen LogP contribution >= 0.6 is 0 Å². The van der Waals surface area contributed by atoms with E-state index in [1.807, 2.05) is 13.8 Å². The molecule has 2 saturated heterocycles. The molecule has 2 fully saturated rings. The first-order valence-electron chi connectivity index (χ1n) is 8.61. The highest BCUT2D eigenvalue weighted by atomic mass is 16.5. The van der Waals surface area contributed by atoms with E-state index < -0.39 is 11.0 Å². The molecule has 0 saturated carbocycles. The van der Waals surface area contributed by atoms with Gasteiger partial charge in [0.15, 0.2) is 0 Å². The van der Waals surface area contributed by atoms with Crippen molar-refractivity contribution in [2.45, 2.75) is 51.6 Å². The fraction of sp³-hybridized carbons (Fsp3) is 0.824. The number of hydrogen-bond acceptors (Lipinski definition) is 5. The van der Waals surface area contributed by atoms with Crippen molar-refractivity contribution in [3.63, 3.8) is 0 Å². The standard InChI is InChI=1S/C17H28N2O5/c1-16(2)11-13(20)17(12-24-16)5-3-14(21)18-7-9-23-10-8-19-15(22)4-6-17/h3-12H2,1-2H3,(H,18,21)(H,19,22). The van der Waals surface area contributed by atoms with Gasteiger partial charge in [-0.05, 0) is 26.7 Å². The summed E-state index contributed by atoms with van der Waals surface area (Å²) in [7, 11) is 0. The molecular weight excluding hydrogens is 312 g/mol. The van der Waals surface area contributed by atoms with Gasteiger partial charge >= 0.3 is 0 Å². The molecule has 2 aliphatic rings. The van der Waals surface area contributed by atoms with E-state index in [4.69, 9.17) is 9.47 Å². The molecule has 0 radical (unpaired) electrons. The van der Waals surface area contributed by atoms with E-state index in [2.05, 4.69) is 10.6 Å². The summed E-state index contributed by atoms with van der Waals surface area (Å²) in [6.07, 6.45) is 1.61. The van der Waals surface area contributed by atoms with Crippen molar-refractivity contribution in [1.29, 1.82) is 0 Å². The maximum absolute atomic E-state index is 12.8. The Hall–Kier alpha value is -1.47. The fourth-order valence-electron chi connectivity index (χ4n) is 3.10. The normalized spacial score (nSPS) is 26.3. The zero-order valence-corrected chi connectivity index (χ0v) is 14.6. The van der Waals surface area contributed by atoms with E-state index >= 15 is 0 Å². The van der Waals surface area contributed by atoms with E-state index in [9.17, 15) is 14.4 Å². The molecule has 0 aliphatic carbocycles. The van der Waals surface area contributed by atoms with E-state index in [0.717, 1.165) is 0 Å². The van der Waals surface area contributed by atoms with E-state index in [1.54, 1.807) is 0 Å². The average molecular weight is 340 g/mol. The van der Waals surface area contributed by atoms with Crippen LogP contribution in [0.2, 0.25) is 0 Å². The molecule has 0 aromatic rings. The molecule has 0 atom stereocenters. The van der Waals surface area contributed by atoms with Crippen molar-refractivity contribution >= 4 is 17.6 Å². The molecule has 0 aromatic heterocycles. The van der Waals surface area contributed by atoms with Crippen LogP contribution in [0.15, 0.2) is 0 Å². The Bertz CT molecular complexity index is 465. The predicted octanol–water partition coefficient (Wildman–Crippen LogP) is 0.564. The summed E-state index contributed by atoms with van der Waals surface area (Å²) in [6, 6.07) is 0. The number of rotatable bonds is 0. The topological polar surface area (TPSA) is 93.7 Å². The zero-order chi connectivity index (χ0) is 17.6. The molecule has 1 spiro atoms. The molecule has 0 aromatic carbocycles. The van der Waals surface area contributed by atoms with Gasteiger partial charge in [0.25, 0.3) is 0 Å². The van der Waals surface area contributed by atoms with Crippen molar-refractivity contribution in [2.24, 2.45) is 5.41 Å². The van der Waals surface area contributed by atoms with Crippen LogP contribution < -0.4 is 10.6 Å². The van der Waals surface area contributed by atoms with Crippen molar-refractivity contribution in [2.75, 3.05) is 32.9 Å². The Labute approximate surface area is 142 Å². The summed E-state index contributed by atoms with van der Waals surface area (Å²) in [5.41, 5.74) is -1.23. The lowest BCUT2D eigenvalue weighted by Gasteiger charge is -2.42. The third-order valence-electron chi connectivity index (χ3n) is 4.72. The highest BCUT2D eigenvalue weighted by Gasteiger charge is 2.46. The minimum atomic E-state index is -0.745. The summed E-state index contributed by atoms with van der Waals surface area (Å²) >= 11 is 0. The molecule has 7 heteroatoms. The van der Waals surface area contributed by atoms with Gasteiger partial charge in [-0.2, -0.15) is 0 Å². The van der Waals surface area contributed by atoms with Gasteiger partial charge in [-0.25, -0.2) is 0 Å². The number of amides is 2. The lowest BCUT2D eigenvalue weighted by atomic mass is 9.71. The Morgan fingerprint density at radius 2 is 1.46 bits per heavy atom. The van der Waals surface area contributed by atoms with Crippen LogP contribution in [0.1, 0.15) is 46.0 Å². The molecule has 24 heavy (non-hydrogen) atoms. The molecule has 2 N–H and O–H groups in total. The van der Waals surface area contributed by atoms with Gasteiger partial charge in [0.05, 0.1) is 30.8 Å². The van der Waals surface area contributed by atoms with Gasteiger partial charge in [0, 0.05) is 32.4 Å². The van der Waals surface area contributed by atoms with Gasteiger partial charge in [-0.1, -0.05) is 0 Å². The predicted molar refractivity (Wildman–Crippen MR) is 87.4 cm³/mol. The number of ketones is 1. The molecule has 2 amide bonds. The Morgan fingerprint density at radius 3 is 1.96 bits per heavy atom. The monoisotopic (exact) mass is 340 g/mol. The number of Topliss-reactive ketones (excluding diaryl/α,β-unsaturated/α-hetero) is 1. The highest BCUT2D eigenvalue weighted by molar-refractivity contribution is 5.88. The molecule has 2 rings (SSSR count). The zero-order valence-electron chi connectivity index (χ0n) is 14.6. The van der Waals surface area contributed by atoms with Crippen molar-refractivity contribution in [3.05, 3.63) is 0 Å². The Kier molecular flexibility index (Phi) is 6.34. The number of carbonyl (C=O) groups is 3. The molecule has 7 nitrogen and oxygen atoms in total. The van der Waals surface area contributed by atoms with E-state index in [0.29, 0.717) is 45.6 Å². The van der Waals surface area contributed by atoms with Crippen LogP contribution in [0, 0.1) is 5.41 Å². The first-order chi connectivity index (χ1) is 11.3. The number of hydrogen-bond donors (Lipinski definition) is 2. The van der Waals surface area contributed by atoms with Crippen LogP contribution in [-0.4, -0.2) is 56.1 Å². The number of ether oxygens (including phenoxy) is 2. The minimum absolute atomic E-state index is 0.0924. The smallest absolute Gasteiger partial charge is 0.220 e. The molecule has 2 heterocycles. The van der Waals surface area contributed by atoms with Crippen LogP contribution in [0.3, 0.4) is 0 Å². The van der Waals surface area contributed by atoms with Gasteiger partial charge < -0.3 is 20.1 Å². The third-order valence-corrected chi connectivity index (χ3v) is 4.72. The van der Waals surface area contributed by atoms with Gasteiger partial charge in [-0.15, -0.1) is 0 Å². The summed E-state index contributed by atoms with van der Waals surface area (Å²) in [4.78, 5) is 36.7. The van der Waals surface area contributed by atoms with Gasteiger partial charge in [-0.3, -0.25) is 14.4 Å². The quantitative estimate of drug-likeness (QED) is 0.672. The maximum Gasteiger partial charge on any atom is 0.220 e. The molecule has 2 aliphatic heterocycles. The second-order valence-electron chi connectivity index (χ2n) is 7.24. The Morgan fingerprint density at radius 1 is 0.917 bits per heavy atom. The molecular formula is C17H28N2O5. The fourth-order valence-corrected chi connectivity index (χ4v) is 3.10. The first-order valence-corrected chi connectivity index (χ1v) is 8.61. The molecule has 136 valence electrons. The van der Waals surface area contributed by atoms with Crippen LogP contribution in [0.25, 0.3) is 0 Å². The number of carbonyl (C=O) groups excluding carboxylic acids is 3. The Balaban J connectivity index is 2.08. The lowest BCUT2D eigenvalue weighted by Crippen LogP contribution is -2.49. The van der Waals surface area contributed by atoms with E-state index in [-0.39, 0.29) is 37.0 Å².